The minimum atomic E-state index is -0.0773. The third-order valence-electron chi connectivity index (χ3n) is 5.75. The number of carbonyl (C=O) groups is 1. The molecule has 2 N–H and O–H groups in total. The molecule has 1 fully saturated rings. The van der Waals surface area contributed by atoms with Crippen molar-refractivity contribution in [2.24, 2.45) is 0 Å². The van der Waals surface area contributed by atoms with Crippen LogP contribution in [0.5, 0.6) is 0 Å². The maximum Gasteiger partial charge on any atom is 0.226 e. The third kappa shape index (κ3) is 4.83. The third-order valence-corrected chi connectivity index (χ3v) is 6.11. The first-order valence-corrected chi connectivity index (χ1v) is 11.3. The van der Waals surface area contributed by atoms with Crippen molar-refractivity contribution in [3.63, 3.8) is 0 Å². The monoisotopic (exact) mass is 447 g/mol. The Bertz CT molecular complexity index is 1090. The van der Waals surface area contributed by atoms with Gasteiger partial charge in [0.2, 0.25) is 5.91 Å². The van der Waals surface area contributed by atoms with Crippen LogP contribution in [0.4, 0.5) is 5.69 Å². The zero-order chi connectivity index (χ0) is 22.7. The molecule has 1 aromatic carbocycles. The van der Waals surface area contributed by atoms with Crippen LogP contribution in [0.3, 0.4) is 0 Å². The summed E-state index contributed by atoms with van der Waals surface area (Å²) in [7, 11) is 0. The standard InChI is InChI=1S/C25H29N5OS/c1-17(2)29-13-10-19(16-29)24-23(21-9-4-5-12-26-21)28-25(32)30(24)14-11-22(31)27-20-8-6-7-18(3)15-20/h4-10,12-13,15-17,23-24H,11,14H2,1-3H3,(H,27,31)(H,28,32)/t23-,24+/m1/s1. The zero-order valence-electron chi connectivity index (χ0n) is 18.7. The highest BCUT2D eigenvalue weighted by Gasteiger charge is 2.40. The van der Waals surface area contributed by atoms with Gasteiger partial charge in [-0.15, -0.1) is 0 Å². The van der Waals surface area contributed by atoms with Gasteiger partial charge in [-0.1, -0.05) is 18.2 Å². The van der Waals surface area contributed by atoms with Gasteiger partial charge in [-0.3, -0.25) is 9.78 Å². The van der Waals surface area contributed by atoms with Gasteiger partial charge in [-0.05, 0) is 74.4 Å². The fourth-order valence-corrected chi connectivity index (χ4v) is 4.44. The molecule has 0 bridgehead atoms. The van der Waals surface area contributed by atoms with E-state index >= 15 is 0 Å². The van der Waals surface area contributed by atoms with E-state index in [0.29, 0.717) is 24.1 Å². The molecule has 3 aromatic rings. The number of aryl methyl sites for hydroxylation is 1. The Hall–Kier alpha value is -3.19. The lowest BCUT2D eigenvalue weighted by Gasteiger charge is -2.27. The van der Waals surface area contributed by atoms with Crippen LogP contribution in [0.25, 0.3) is 0 Å². The lowest BCUT2D eigenvalue weighted by atomic mass is 9.99. The molecule has 1 aliphatic heterocycles. The topological polar surface area (TPSA) is 62.2 Å². The van der Waals surface area contributed by atoms with Crippen molar-refractivity contribution in [1.82, 2.24) is 19.8 Å². The van der Waals surface area contributed by atoms with Crippen molar-refractivity contribution in [2.45, 2.75) is 45.3 Å². The predicted molar refractivity (Wildman–Crippen MR) is 131 cm³/mol. The number of nitrogens with one attached hydrogen (secondary N) is 2. The molecule has 7 heteroatoms. The Morgan fingerprint density at radius 3 is 2.75 bits per heavy atom. The average Bonchev–Trinajstić information content (AvgIpc) is 3.37. The highest BCUT2D eigenvalue weighted by molar-refractivity contribution is 7.80. The van der Waals surface area contributed by atoms with Crippen molar-refractivity contribution in [1.29, 1.82) is 0 Å². The molecule has 166 valence electrons. The van der Waals surface area contributed by atoms with Crippen LogP contribution in [0, 0.1) is 6.92 Å². The average molecular weight is 448 g/mol. The first-order chi connectivity index (χ1) is 15.4. The van der Waals surface area contributed by atoms with Crippen molar-refractivity contribution in [3.8, 4) is 0 Å². The highest BCUT2D eigenvalue weighted by Crippen LogP contribution is 2.39. The van der Waals surface area contributed by atoms with Gasteiger partial charge >= 0.3 is 0 Å². The largest absolute Gasteiger partial charge is 0.352 e. The molecule has 1 saturated heterocycles. The van der Waals surface area contributed by atoms with E-state index in [1.807, 2.05) is 49.4 Å². The van der Waals surface area contributed by atoms with Crippen LogP contribution in [-0.4, -0.2) is 32.0 Å². The maximum absolute atomic E-state index is 12.7. The molecule has 0 saturated carbocycles. The van der Waals surface area contributed by atoms with Crippen LogP contribution in [0.1, 0.15) is 55.2 Å². The summed E-state index contributed by atoms with van der Waals surface area (Å²) in [4.78, 5) is 19.3. The highest BCUT2D eigenvalue weighted by atomic mass is 32.1. The summed E-state index contributed by atoms with van der Waals surface area (Å²) in [6, 6.07) is 16.1. The second-order valence-electron chi connectivity index (χ2n) is 8.47. The van der Waals surface area contributed by atoms with Gasteiger partial charge in [-0.2, -0.15) is 0 Å². The van der Waals surface area contributed by atoms with Crippen LogP contribution in [-0.2, 0) is 4.79 Å². The van der Waals surface area contributed by atoms with Crippen LogP contribution in [0.2, 0.25) is 0 Å². The Balaban J connectivity index is 1.54. The lowest BCUT2D eigenvalue weighted by molar-refractivity contribution is -0.116. The Kier molecular flexibility index (Phi) is 6.55. The number of hydrogen-bond donors (Lipinski definition) is 2. The van der Waals surface area contributed by atoms with E-state index in [0.717, 1.165) is 22.5 Å². The first-order valence-electron chi connectivity index (χ1n) is 10.9. The molecule has 1 amide bonds. The van der Waals surface area contributed by atoms with Crippen molar-refractivity contribution in [2.75, 3.05) is 11.9 Å². The molecular formula is C25H29N5OS. The zero-order valence-corrected chi connectivity index (χ0v) is 19.5. The fourth-order valence-electron chi connectivity index (χ4n) is 4.10. The summed E-state index contributed by atoms with van der Waals surface area (Å²) < 4.78 is 2.19. The number of aromatic nitrogens is 2. The Morgan fingerprint density at radius 1 is 1.22 bits per heavy atom. The Labute approximate surface area is 194 Å². The molecule has 1 aliphatic rings. The van der Waals surface area contributed by atoms with Crippen molar-refractivity contribution < 1.29 is 4.79 Å². The number of anilines is 1. The number of amides is 1. The van der Waals surface area contributed by atoms with Crippen molar-refractivity contribution in [3.05, 3.63) is 83.9 Å². The summed E-state index contributed by atoms with van der Waals surface area (Å²) in [5.41, 5.74) is 4.01. The maximum atomic E-state index is 12.7. The van der Waals surface area contributed by atoms with Crippen LogP contribution in [0.15, 0.2) is 67.1 Å². The molecule has 2 atom stereocenters. The predicted octanol–water partition coefficient (Wildman–Crippen LogP) is 4.77. The molecule has 0 radical (unpaired) electrons. The fraction of sp³-hybridized carbons (Fsp3) is 0.320. The summed E-state index contributed by atoms with van der Waals surface area (Å²) in [6.07, 6.45) is 6.40. The number of hydrogen-bond acceptors (Lipinski definition) is 3. The molecular weight excluding hydrogens is 418 g/mol. The molecule has 3 heterocycles. The summed E-state index contributed by atoms with van der Waals surface area (Å²) in [5, 5.41) is 7.08. The van der Waals surface area contributed by atoms with Gasteiger partial charge in [0.05, 0.1) is 17.8 Å². The summed E-state index contributed by atoms with van der Waals surface area (Å²) in [6.45, 7) is 6.84. The smallest absolute Gasteiger partial charge is 0.226 e. The summed E-state index contributed by atoms with van der Waals surface area (Å²) >= 11 is 5.70. The van der Waals surface area contributed by atoms with E-state index < -0.39 is 0 Å². The molecule has 6 nitrogen and oxygen atoms in total. The number of thiocarbonyl (C=S) groups is 1. The lowest BCUT2D eigenvalue weighted by Crippen LogP contribution is -2.32. The van der Waals surface area contributed by atoms with Gasteiger partial charge in [0.1, 0.15) is 0 Å². The van der Waals surface area contributed by atoms with Gasteiger partial charge in [0, 0.05) is 43.3 Å². The van der Waals surface area contributed by atoms with Gasteiger partial charge < -0.3 is 20.1 Å². The SMILES string of the molecule is Cc1cccc(NC(=O)CCN2C(=S)N[C@H](c3ccccn3)[C@@H]2c2ccn(C(C)C)c2)c1. The van der Waals surface area contributed by atoms with Crippen LogP contribution < -0.4 is 10.6 Å². The molecule has 0 unspecified atom stereocenters. The van der Waals surface area contributed by atoms with E-state index in [9.17, 15) is 4.79 Å². The van der Waals surface area contributed by atoms with Gasteiger partial charge in [-0.25, -0.2) is 0 Å². The van der Waals surface area contributed by atoms with Crippen molar-refractivity contribution >= 4 is 28.9 Å². The van der Waals surface area contributed by atoms with E-state index in [2.05, 4.69) is 57.4 Å². The number of pyridine rings is 1. The summed E-state index contributed by atoms with van der Waals surface area (Å²) in [5.74, 6) is -0.0295. The quantitative estimate of drug-likeness (QED) is 0.511. The van der Waals surface area contributed by atoms with Gasteiger partial charge in [0.15, 0.2) is 5.11 Å². The number of carbonyl (C=O) groups excluding carboxylic acids is 1. The first kappa shape index (κ1) is 22.0. The molecule has 2 aromatic heterocycles. The van der Waals surface area contributed by atoms with E-state index in [1.54, 1.807) is 6.20 Å². The van der Waals surface area contributed by atoms with E-state index in [-0.39, 0.29) is 18.0 Å². The van der Waals surface area contributed by atoms with E-state index in [4.69, 9.17) is 12.2 Å². The number of benzene rings is 1. The normalized spacial score (nSPS) is 18.1. The molecule has 0 spiro atoms. The number of nitrogens with zero attached hydrogens (tertiary/aromatic N) is 3. The molecule has 32 heavy (non-hydrogen) atoms. The van der Waals surface area contributed by atoms with Gasteiger partial charge in [0.25, 0.3) is 0 Å². The number of rotatable bonds is 7. The Morgan fingerprint density at radius 2 is 2.06 bits per heavy atom. The van der Waals surface area contributed by atoms with Crippen LogP contribution >= 0.6 is 12.2 Å². The minimum Gasteiger partial charge on any atom is -0.352 e. The second-order valence-corrected chi connectivity index (χ2v) is 8.86. The molecule has 0 aliphatic carbocycles. The molecule has 4 rings (SSSR count). The second kappa shape index (κ2) is 9.53. The van der Waals surface area contributed by atoms with E-state index in [1.165, 1.54) is 0 Å². The minimum absolute atomic E-state index is 0.0295.